The molecule has 2 rings (SSSR count). The van der Waals surface area contributed by atoms with E-state index in [1.54, 1.807) is 12.1 Å². The Morgan fingerprint density at radius 3 is 2.55 bits per heavy atom. The number of halogens is 4. The highest BCUT2D eigenvalue weighted by molar-refractivity contribution is 9.10. The van der Waals surface area contributed by atoms with Gasteiger partial charge in [-0.15, -0.1) is 0 Å². The third-order valence-electron chi connectivity index (χ3n) is 2.51. The van der Waals surface area contributed by atoms with Gasteiger partial charge in [-0.3, -0.25) is 4.98 Å². The molecule has 20 heavy (non-hydrogen) atoms. The van der Waals surface area contributed by atoms with Crippen molar-refractivity contribution >= 4 is 21.6 Å². The molecule has 0 fully saturated rings. The van der Waals surface area contributed by atoms with Gasteiger partial charge < -0.3 is 10.4 Å². The van der Waals surface area contributed by atoms with Crippen LogP contribution >= 0.6 is 15.9 Å². The Bertz CT molecular complexity index is 600. The molecule has 7 heteroatoms. The van der Waals surface area contributed by atoms with E-state index in [0.29, 0.717) is 15.9 Å². The van der Waals surface area contributed by atoms with Crippen molar-refractivity contribution < 1.29 is 18.3 Å². The first-order valence-corrected chi connectivity index (χ1v) is 6.39. The maximum atomic E-state index is 12.7. The number of nitrogens with one attached hydrogen (secondary N) is 1. The van der Waals surface area contributed by atoms with Crippen LogP contribution in [0.5, 0.6) is 5.75 Å². The quantitative estimate of drug-likeness (QED) is 0.876. The molecule has 0 aliphatic carbocycles. The zero-order chi connectivity index (χ0) is 14.8. The molecule has 1 aromatic carbocycles. The first-order chi connectivity index (χ1) is 9.34. The van der Waals surface area contributed by atoms with Gasteiger partial charge in [0.05, 0.1) is 24.0 Å². The van der Waals surface area contributed by atoms with Gasteiger partial charge >= 0.3 is 6.18 Å². The smallest absolute Gasteiger partial charge is 0.416 e. The molecule has 2 aromatic rings. The van der Waals surface area contributed by atoms with Crippen molar-refractivity contribution in [2.75, 3.05) is 5.32 Å². The zero-order valence-electron chi connectivity index (χ0n) is 10.1. The number of nitrogens with zero attached hydrogens (tertiary/aromatic N) is 1. The van der Waals surface area contributed by atoms with Crippen molar-refractivity contribution in [3.8, 4) is 5.75 Å². The van der Waals surface area contributed by atoms with E-state index in [4.69, 9.17) is 5.11 Å². The van der Waals surface area contributed by atoms with Crippen LogP contribution < -0.4 is 5.32 Å². The number of aromatic hydroxyl groups is 1. The Morgan fingerprint density at radius 1 is 1.20 bits per heavy atom. The lowest BCUT2D eigenvalue weighted by molar-refractivity contribution is -0.137. The van der Waals surface area contributed by atoms with Crippen LogP contribution in [0.15, 0.2) is 41.0 Å². The van der Waals surface area contributed by atoms with Crippen molar-refractivity contribution in [2.24, 2.45) is 0 Å². The van der Waals surface area contributed by atoms with Crippen LogP contribution in [0.4, 0.5) is 18.9 Å². The Morgan fingerprint density at radius 2 is 1.95 bits per heavy atom. The van der Waals surface area contributed by atoms with Crippen LogP contribution in [0.3, 0.4) is 0 Å². The second-order valence-corrected chi connectivity index (χ2v) is 5.00. The third kappa shape index (κ3) is 3.86. The largest absolute Gasteiger partial charge is 0.506 e. The minimum Gasteiger partial charge on any atom is -0.506 e. The van der Waals surface area contributed by atoms with E-state index in [-0.39, 0.29) is 12.3 Å². The van der Waals surface area contributed by atoms with Gasteiger partial charge in [0.15, 0.2) is 0 Å². The van der Waals surface area contributed by atoms with Gasteiger partial charge in [-0.05, 0) is 30.3 Å². The molecule has 0 aliphatic rings. The highest BCUT2D eigenvalue weighted by Crippen LogP contribution is 2.33. The fraction of sp³-hybridized carbons (Fsp3) is 0.154. The van der Waals surface area contributed by atoms with Gasteiger partial charge in [0.1, 0.15) is 5.75 Å². The van der Waals surface area contributed by atoms with Crippen LogP contribution in [0.2, 0.25) is 0 Å². The minimum atomic E-state index is -4.39. The summed E-state index contributed by atoms with van der Waals surface area (Å²) < 4.78 is 38.3. The van der Waals surface area contributed by atoms with E-state index in [1.807, 2.05) is 0 Å². The maximum Gasteiger partial charge on any atom is 0.416 e. The number of hydrogen-bond acceptors (Lipinski definition) is 3. The van der Waals surface area contributed by atoms with E-state index >= 15 is 0 Å². The second-order valence-electron chi connectivity index (χ2n) is 4.09. The summed E-state index contributed by atoms with van der Waals surface area (Å²) >= 11 is 3.05. The number of hydrogen-bond donors (Lipinski definition) is 2. The topological polar surface area (TPSA) is 45.1 Å². The molecule has 0 aliphatic heterocycles. The van der Waals surface area contributed by atoms with Gasteiger partial charge in [-0.25, -0.2) is 0 Å². The maximum absolute atomic E-state index is 12.7. The van der Waals surface area contributed by atoms with Crippen molar-refractivity contribution in [1.82, 2.24) is 4.98 Å². The van der Waals surface area contributed by atoms with Crippen molar-refractivity contribution in [3.63, 3.8) is 0 Å². The van der Waals surface area contributed by atoms with Crippen LogP contribution in [-0.2, 0) is 12.7 Å². The van der Waals surface area contributed by atoms with Crippen LogP contribution in [0.25, 0.3) is 0 Å². The molecule has 1 aromatic heterocycles. The number of benzene rings is 1. The molecule has 1 heterocycles. The lowest BCUT2D eigenvalue weighted by Gasteiger charge is -2.11. The van der Waals surface area contributed by atoms with E-state index in [0.717, 1.165) is 12.1 Å². The monoisotopic (exact) mass is 346 g/mol. The van der Waals surface area contributed by atoms with Crippen LogP contribution in [0, 0.1) is 0 Å². The predicted molar refractivity (Wildman–Crippen MR) is 72.4 cm³/mol. The summed E-state index contributed by atoms with van der Waals surface area (Å²) in [7, 11) is 0. The molecule has 0 saturated carbocycles. The summed E-state index contributed by atoms with van der Waals surface area (Å²) in [6.45, 7) is 0.258. The molecule has 0 amide bonds. The summed E-state index contributed by atoms with van der Waals surface area (Å²) in [6, 6.07) is 6.65. The molecular weight excluding hydrogens is 337 g/mol. The van der Waals surface area contributed by atoms with Gasteiger partial charge in [-0.1, -0.05) is 15.9 Å². The number of pyridine rings is 1. The first kappa shape index (κ1) is 14.6. The second kappa shape index (κ2) is 5.70. The van der Waals surface area contributed by atoms with E-state index < -0.39 is 11.7 Å². The average molecular weight is 347 g/mol. The van der Waals surface area contributed by atoms with Crippen molar-refractivity contribution in [2.45, 2.75) is 12.7 Å². The Labute approximate surface area is 121 Å². The van der Waals surface area contributed by atoms with Gasteiger partial charge in [0.2, 0.25) is 0 Å². The molecule has 106 valence electrons. The van der Waals surface area contributed by atoms with E-state index in [9.17, 15) is 13.2 Å². The number of alkyl halides is 3. The molecule has 0 saturated heterocycles. The predicted octanol–water partition coefficient (Wildman–Crippen LogP) is 4.18. The Balaban J connectivity index is 2.13. The summed E-state index contributed by atoms with van der Waals surface area (Å²) in [5.41, 5.74) is 0.214. The van der Waals surface area contributed by atoms with Crippen LogP contribution in [0.1, 0.15) is 11.3 Å². The molecule has 0 unspecified atom stereocenters. The normalized spacial score (nSPS) is 11.4. The highest BCUT2D eigenvalue weighted by Gasteiger charge is 2.31. The molecule has 0 radical (unpaired) electrons. The minimum absolute atomic E-state index is 0.0376. The average Bonchev–Trinajstić information content (AvgIpc) is 2.36. The number of rotatable bonds is 3. The number of aromatic nitrogens is 1. The standard InChI is InChI=1S/C13H10BrF3N2O/c14-9-3-8(13(15,16)17)4-11(5-9)18-6-10-1-2-12(20)7-19-10/h1-5,7,18,20H,6H2. The van der Waals surface area contributed by atoms with Crippen molar-refractivity contribution in [1.29, 1.82) is 0 Å². The molecule has 0 atom stereocenters. The van der Waals surface area contributed by atoms with Gasteiger partial charge in [0.25, 0.3) is 0 Å². The Hall–Kier alpha value is -1.76. The lowest BCUT2D eigenvalue weighted by atomic mass is 10.2. The first-order valence-electron chi connectivity index (χ1n) is 5.60. The Kier molecular flexibility index (Phi) is 4.17. The summed E-state index contributed by atoms with van der Waals surface area (Å²) in [5.74, 6) is 0.0376. The van der Waals surface area contributed by atoms with Crippen LogP contribution in [-0.4, -0.2) is 10.1 Å². The molecule has 2 N–H and O–H groups in total. The highest BCUT2D eigenvalue weighted by atomic mass is 79.9. The molecule has 0 bridgehead atoms. The fourth-order valence-electron chi connectivity index (χ4n) is 1.57. The van der Waals surface area contributed by atoms with Crippen molar-refractivity contribution in [3.05, 3.63) is 52.3 Å². The molecule has 3 nitrogen and oxygen atoms in total. The van der Waals surface area contributed by atoms with E-state index in [2.05, 4.69) is 26.2 Å². The third-order valence-corrected chi connectivity index (χ3v) is 2.97. The summed E-state index contributed by atoms with van der Waals surface area (Å²) in [5, 5.41) is 11.9. The van der Waals surface area contributed by atoms with E-state index in [1.165, 1.54) is 12.3 Å². The molecular formula is C13H10BrF3N2O. The SMILES string of the molecule is Oc1ccc(CNc2cc(Br)cc(C(F)(F)F)c2)nc1. The fourth-order valence-corrected chi connectivity index (χ4v) is 2.06. The zero-order valence-corrected chi connectivity index (χ0v) is 11.7. The van der Waals surface area contributed by atoms with Gasteiger partial charge in [0, 0.05) is 10.2 Å². The lowest BCUT2D eigenvalue weighted by Crippen LogP contribution is -2.07. The molecule has 0 spiro atoms. The van der Waals surface area contributed by atoms with Gasteiger partial charge in [-0.2, -0.15) is 13.2 Å². The summed E-state index contributed by atoms with van der Waals surface area (Å²) in [6.07, 6.45) is -3.12. The number of anilines is 1. The summed E-state index contributed by atoms with van der Waals surface area (Å²) in [4.78, 5) is 3.94.